The van der Waals surface area contributed by atoms with Crippen LogP contribution in [0.15, 0.2) is 18.2 Å². The lowest BCUT2D eigenvalue weighted by Gasteiger charge is -2.19. The number of likely N-dealkylation sites (tertiary alicyclic amines) is 1. The summed E-state index contributed by atoms with van der Waals surface area (Å²) in [6.45, 7) is 0.767. The first kappa shape index (κ1) is 15.0. The Morgan fingerprint density at radius 1 is 1.39 bits per heavy atom. The number of nitrogens with zero attached hydrogens (tertiary/aromatic N) is 2. The minimum atomic E-state index is -0.738. The van der Waals surface area contributed by atoms with E-state index < -0.39 is 5.41 Å². The standard InChI is InChI=1S/C15H12IN3O3S/c16-8-2-1-3-9-11(8)23-12(17-9)13(21)19-5-4-15(7-19)6-10(20)18-14(15)22/h1-3H,4-7H2,(H,18,20,22). The lowest BCUT2D eigenvalue weighted by atomic mass is 9.85. The molecule has 3 amide bonds. The molecule has 1 unspecified atom stereocenters. The molecule has 2 fully saturated rings. The van der Waals surface area contributed by atoms with E-state index in [1.165, 1.54) is 11.3 Å². The molecule has 1 spiro atoms. The number of hydrogen-bond donors (Lipinski definition) is 1. The van der Waals surface area contributed by atoms with Crippen LogP contribution in [0.5, 0.6) is 0 Å². The minimum absolute atomic E-state index is 0.161. The van der Waals surface area contributed by atoms with Gasteiger partial charge >= 0.3 is 0 Å². The molecule has 2 aromatic rings. The monoisotopic (exact) mass is 441 g/mol. The summed E-state index contributed by atoms with van der Waals surface area (Å²) >= 11 is 3.60. The van der Waals surface area contributed by atoms with Crippen LogP contribution >= 0.6 is 33.9 Å². The molecular weight excluding hydrogens is 429 g/mol. The predicted octanol–water partition coefficient (Wildman–Crippen LogP) is 1.78. The van der Waals surface area contributed by atoms with Crippen LogP contribution in [0.3, 0.4) is 0 Å². The van der Waals surface area contributed by atoms with Crippen LogP contribution in [-0.4, -0.2) is 40.7 Å². The molecule has 23 heavy (non-hydrogen) atoms. The van der Waals surface area contributed by atoms with Crippen molar-refractivity contribution < 1.29 is 14.4 Å². The Morgan fingerprint density at radius 2 is 2.22 bits per heavy atom. The Hall–Kier alpha value is -1.55. The molecule has 3 heterocycles. The number of carbonyl (C=O) groups excluding carboxylic acids is 3. The van der Waals surface area contributed by atoms with Gasteiger partial charge in [-0.25, -0.2) is 4.98 Å². The Morgan fingerprint density at radius 3 is 2.91 bits per heavy atom. The predicted molar refractivity (Wildman–Crippen MR) is 93.1 cm³/mol. The van der Waals surface area contributed by atoms with E-state index in [0.29, 0.717) is 18.0 Å². The number of nitrogens with one attached hydrogen (secondary N) is 1. The number of thiazole rings is 1. The van der Waals surface area contributed by atoms with Crippen molar-refractivity contribution >= 4 is 61.9 Å². The lowest BCUT2D eigenvalue weighted by molar-refractivity contribution is -0.128. The fourth-order valence-corrected chi connectivity index (χ4v) is 4.96. The summed E-state index contributed by atoms with van der Waals surface area (Å²) in [5.74, 6) is -0.665. The van der Waals surface area contributed by atoms with Gasteiger partial charge in [0.1, 0.15) is 0 Å². The third-order valence-electron chi connectivity index (χ3n) is 4.42. The van der Waals surface area contributed by atoms with E-state index in [-0.39, 0.29) is 30.7 Å². The van der Waals surface area contributed by atoms with E-state index in [2.05, 4.69) is 32.9 Å². The van der Waals surface area contributed by atoms with Gasteiger partial charge < -0.3 is 4.90 Å². The summed E-state index contributed by atoms with van der Waals surface area (Å²) in [5.41, 5.74) is 0.0747. The summed E-state index contributed by atoms with van der Waals surface area (Å²) in [6, 6.07) is 5.78. The molecule has 2 aliphatic heterocycles. The van der Waals surface area contributed by atoms with Crippen molar-refractivity contribution in [2.45, 2.75) is 12.8 Å². The van der Waals surface area contributed by atoms with Gasteiger partial charge in [-0.2, -0.15) is 0 Å². The van der Waals surface area contributed by atoms with Crippen molar-refractivity contribution in [1.29, 1.82) is 0 Å². The van der Waals surface area contributed by atoms with Crippen LogP contribution < -0.4 is 5.32 Å². The SMILES string of the molecule is O=C1CC2(CCN(C(=O)c3nc4cccc(I)c4s3)C2)C(=O)N1. The molecule has 1 N–H and O–H groups in total. The maximum atomic E-state index is 12.7. The number of halogens is 1. The first-order valence-electron chi connectivity index (χ1n) is 7.17. The van der Waals surface area contributed by atoms with Crippen molar-refractivity contribution in [2.24, 2.45) is 5.41 Å². The van der Waals surface area contributed by atoms with E-state index in [0.717, 1.165) is 13.8 Å². The number of hydrogen-bond acceptors (Lipinski definition) is 5. The molecule has 0 bridgehead atoms. The van der Waals surface area contributed by atoms with Crippen molar-refractivity contribution in [3.63, 3.8) is 0 Å². The molecule has 8 heteroatoms. The topological polar surface area (TPSA) is 79.4 Å². The third kappa shape index (κ3) is 2.35. The fraction of sp³-hybridized carbons (Fsp3) is 0.333. The summed E-state index contributed by atoms with van der Waals surface area (Å²) in [4.78, 5) is 42.3. The van der Waals surface area contributed by atoms with Crippen molar-refractivity contribution in [1.82, 2.24) is 15.2 Å². The quantitative estimate of drug-likeness (QED) is 0.541. The van der Waals surface area contributed by atoms with Gasteiger partial charge in [0.15, 0.2) is 5.01 Å². The molecule has 2 saturated heterocycles. The molecule has 118 valence electrons. The van der Waals surface area contributed by atoms with E-state index >= 15 is 0 Å². The smallest absolute Gasteiger partial charge is 0.282 e. The molecule has 0 aliphatic carbocycles. The highest BCUT2D eigenvalue weighted by Crippen LogP contribution is 2.38. The summed E-state index contributed by atoms with van der Waals surface area (Å²) in [5, 5.41) is 2.78. The van der Waals surface area contributed by atoms with E-state index in [9.17, 15) is 14.4 Å². The van der Waals surface area contributed by atoms with Gasteiger partial charge in [-0.05, 0) is 41.1 Å². The number of benzene rings is 1. The van der Waals surface area contributed by atoms with Gasteiger partial charge in [-0.15, -0.1) is 11.3 Å². The number of carbonyl (C=O) groups is 3. The van der Waals surface area contributed by atoms with Crippen molar-refractivity contribution in [2.75, 3.05) is 13.1 Å². The van der Waals surface area contributed by atoms with E-state index in [1.54, 1.807) is 4.90 Å². The Kier molecular flexibility index (Phi) is 3.41. The summed E-state index contributed by atoms with van der Waals surface area (Å²) < 4.78 is 2.06. The Labute approximate surface area is 149 Å². The Bertz CT molecular complexity index is 865. The second-order valence-corrected chi connectivity index (χ2v) is 8.08. The molecule has 2 aliphatic rings. The molecule has 0 radical (unpaired) electrons. The summed E-state index contributed by atoms with van der Waals surface area (Å²) in [6.07, 6.45) is 0.700. The number of imide groups is 1. The molecule has 1 atom stereocenters. The van der Waals surface area contributed by atoms with Crippen LogP contribution in [0.1, 0.15) is 22.6 Å². The zero-order chi connectivity index (χ0) is 16.2. The average Bonchev–Trinajstić information content (AvgIpc) is 3.18. The second-order valence-electron chi connectivity index (χ2n) is 5.92. The van der Waals surface area contributed by atoms with E-state index in [4.69, 9.17) is 0 Å². The molecule has 6 nitrogen and oxygen atoms in total. The summed E-state index contributed by atoms with van der Waals surface area (Å²) in [7, 11) is 0. The maximum Gasteiger partial charge on any atom is 0.282 e. The molecular formula is C15H12IN3O3S. The van der Waals surface area contributed by atoms with Gasteiger partial charge in [0.25, 0.3) is 5.91 Å². The molecule has 1 aromatic carbocycles. The first-order chi connectivity index (χ1) is 11.0. The normalized spacial score (nSPS) is 24.0. The van der Waals surface area contributed by atoms with Gasteiger partial charge in [-0.3, -0.25) is 19.7 Å². The number of rotatable bonds is 1. The highest BCUT2D eigenvalue weighted by Gasteiger charge is 2.52. The van der Waals surface area contributed by atoms with Gasteiger partial charge in [0, 0.05) is 23.1 Å². The second kappa shape index (κ2) is 5.23. The van der Waals surface area contributed by atoms with Gasteiger partial charge in [0.2, 0.25) is 11.8 Å². The molecule has 0 saturated carbocycles. The van der Waals surface area contributed by atoms with Crippen molar-refractivity contribution in [3.8, 4) is 0 Å². The molecule has 1 aromatic heterocycles. The van der Waals surface area contributed by atoms with Gasteiger partial charge in [-0.1, -0.05) is 6.07 Å². The zero-order valence-corrected chi connectivity index (χ0v) is 14.9. The van der Waals surface area contributed by atoms with Crippen LogP contribution in [-0.2, 0) is 9.59 Å². The highest BCUT2D eigenvalue weighted by molar-refractivity contribution is 14.1. The first-order valence-corrected chi connectivity index (χ1v) is 9.07. The number of fused-ring (bicyclic) bond motifs is 1. The van der Waals surface area contributed by atoms with Crippen molar-refractivity contribution in [3.05, 3.63) is 26.8 Å². The maximum absolute atomic E-state index is 12.7. The van der Waals surface area contributed by atoms with Crippen LogP contribution in [0.25, 0.3) is 10.2 Å². The number of aromatic nitrogens is 1. The fourth-order valence-electron chi connectivity index (χ4n) is 3.21. The van der Waals surface area contributed by atoms with E-state index in [1.807, 2.05) is 18.2 Å². The lowest BCUT2D eigenvalue weighted by Crippen LogP contribution is -2.36. The van der Waals surface area contributed by atoms with Crippen LogP contribution in [0.4, 0.5) is 0 Å². The van der Waals surface area contributed by atoms with Crippen LogP contribution in [0.2, 0.25) is 0 Å². The third-order valence-corrected chi connectivity index (χ3v) is 6.78. The van der Waals surface area contributed by atoms with Crippen LogP contribution in [0, 0.1) is 8.99 Å². The Balaban J connectivity index is 1.61. The molecule has 4 rings (SSSR count). The van der Waals surface area contributed by atoms with Gasteiger partial charge in [0.05, 0.1) is 15.6 Å². The highest BCUT2D eigenvalue weighted by atomic mass is 127. The number of amides is 3. The minimum Gasteiger partial charge on any atom is -0.335 e. The average molecular weight is 441 g/mol. The largest absolute Gasteiger partial charge is 0.335 e. The zero-order valence-electron chi connectivity index (χ0n) is 12.0.